The molecule has 0 radical (unpaired) electrons. The van der Waals surface area contributed by atoms with E-state index in [-0.39, 0.29) is 4.34 Å². The molecule has 1 rings (SSSR count). The van der Waals surface area contributed by atoms with Crippen LogP contribution in [-0.4, -0.2) is 24.9 Å². The first-order valence-electron chi connectivity index (χ1n) is 2.22. The second-order valence-electron chi connectivity index (χ2n) is 1.62. The average Bonchev–Trinajstić information content (AvgIpc) is 2.11. The van der Waals surface area contributed by atoms with Crippen LogP contribution in [0.5, 0.6) is 0 Å². The zero-order valence-electron chi connectivity index (χ0n) is 4.97. The number of aromatic nitrogens is 2. The molecule has 56 valence electrons. The van der Waals surface area contributed by atoms with Gasteiger partial charge in [-0.2, -0.15) is 0 Å². The van der Waals surface area contributed by atoms with Gasteiger partial charge >= 0.3 is 0 Å². The van der Waals surface area contributed by atoms with Crippen molar-refractivity contribution in [3.63, 3.8) is 0 Å². The summed E-state index contributed by atoms with van der Waals surface area (Å²) in [5.74, 6) is 0. The lowest BCUT2D eigenvalue weighted by atomic mass is 11.6. The lowest BCUT2D eigenvalue weighted by Crippen LogP contribution is -1.95. The molecule has 7 heteroatoms. The van der Waals surface area contributed by atoms with E-state index in [4.69, 9.17) is 0 Å². The van der Waals surface area contributed by atoms with E-state index in [1.807, 2.05) is 0 Å². The third-order valence-corrected chi connectivity index (χ3v) is 3.47. The molecule has 0 amide bonds. The molecule has 0 aliphatic heterocycles. The zero-order chi connectivity index (χ0) is 7.78. The van der Waals surface area contributed by atoms with Crippen LogP contribution in [0.15, 0.2) is 8.68 Å². The van der Waals surface area contributed by atoms with Crippen LogP contribution in [0.2, 0.25) is 0 Å². The second-order valence-corrected chi connectivity index (χ2v) is 5.52. The van der Waals surface area contributed by atoms with Crippen molar-refractivity contribution in [3.05, 3.63) is 0 Å². The van der Waals surface area contributed by atoms with Crippen LogP contribution in [0.1, 0.15) is 0 Å². The third-order valence-electron chi connectivity index (χ3n) is 0.713. The van der Waals surface area contributed by atoms with Crippen molar-refractivity contribution >= 4 is 33.8 Å². The van der Waals surface area contributed by atoms with Gasteiger partial charge in [0.05, 0.1) is 0 Å². The molecule has 0 bridgehead atoms. The minimum Gasteiger partial charge on any atom is -0.221 e. The van der Waals surface area contributed by atoms with Crippen LogP contribution in [0.3, 0.4) is 0 Å². The normalized spacial score (nSPS) is 11.8. The highest BCUT2D eigenvalue weighted by Crippen LogP contribution is 2.17. The smallest absolute Gasteiger partial charge is 0.221 e. The van der Waals surface area contributed by atoms with Gasteiger partial charge in [0, 0.05) is 6.26 Å². The first kappa shape index (κ1) is 7.96. The summed E-state index contributed by atoms with van der Waals surface area (Å²) in [5.41, 5.74) is 0. The monoisotopic (exact) mass is 196 g/mol. The molecule has 0 unspecified atom stereocenters. The Bertz CT molecular complexity index is 327. The van der Waals surface area contributed by atoms with Gasteiger partial charge in [-0.25, -0.2) is 8.42 Å². The standard InChI is InChI=1S/C3H4N2O2S3/c1-10(6,7)3-5-4-2(8)9-3/h1H3,(H,4,8). The van der Waals surface area contributed by atoms with E-state index in [0.717, 1.165) is 17.6 Å². The fourth-order valence-corrected chi connectivity index (χ4v) is 2.19. The summed E-state index contributed by atoms with van der Waals surface area (Å²) in [4.78, 5) is 0. The van der Waals surface area contributed by atoms with Crippen molar-refractivity contribution < 1.29 is 8.42 Å². The molecule has 0 spiro atoms. The Morgan fingerprint density at radius 3 is 2.30 bits per heavy atom. The molecule has 1 aromatic heterocycles. The van der Waals surface area contributed by atoms with Crippen LogP contribution in [0.25, 0.3) is 0 Å². The first-order chi connectivity index (χ1) is 4.50. The van der Waals surface area contributed by atoms with E-state index in [9.17, 15) is 8.42 Å². The molecule has 0 N–H and O–H groups in total. The van der Waals surface area contributed by atoms with Crippen molar-refractivity contribution in [2.24, 2.45) is 0 Å². The van der Waals surface area contributed by atoms with Crippen LogP contribution >= 0.6 is 24.0 Å². The molecule has 0 aliphatic carbocycles. The molecular formula is C3H4N2O2S3. The van der Waals surface area contributed by atoms with Gasteiger partial charge in [0.25, 0.3) is 0 Å². The Labute approximate surface area is 67.6 Å². The Hall–Kier alpha value is -0.140. The Kier molecular flexibility index (Phi) is 1.97. The Morgan fingerprint density at radius 1 is 1.50 bits per heavy atom. The highest BCUT2D eigenvalue weighted by atomic mass is 32.2. The molecule has 0 saturated heterocycles. The van der Waals surface area contributed by atoms with E-state index >= 15 is 0 Å². The van der Waals surface area contributed by atoms with E-state index in [1.165, 1.54) is 0 Å². The average molecular weight is 196 g/mol. The number of nitrogens with zero attached hydrogens (tertiary/aromatic N) is 2. The molecule has 4 nitrogen and oxygen atoms in total. The highest BCUT2D eigenvalue weighted by Gasteiger charge is 2.11. The number of hydrogen-bond acceptors (Lipinski definition) is 6. The summed E-state index contributed by atoms with van der Waals surface area (Å²) < 4.78 is 21.8. The molecule has 1 heterocycles. The van der Waals surface area contributed by atoms with Crippen LogP contribution < -0.4 is 0 Å². The predicted molar refractivity (Wildman–Crippen MR) is 40.3 cm³/mol. The quantitative estimate of drug-likeness (QED) is 0.653. The topological polar surface area (TPSA) is 59.9 Å². The van der Waals surface area contributed by atoms with Crippen molar-refractivity contribution in [2.45, 2.75) is 8.68 Å². The SMILES string of the molecule is CS(=O)(=O)c1nnc(S)s1. The lowest BCUT2D eigenvalue weighted by Gasteiger charge is -1.83. The van der Waals surface area contributed by atoms with Crippen molar-refractivity contribution in [1.82, 2.24) is 10.2 Å². The van der Waals surface area contributed by atoms with Crippen molar-refractivity contribution in [3.8, 4) is 0 Å². The predicted octanol–water partition coefficient (Wildman–Crippen LogP) is 0.230. The van der Waals surface area contributed by atoms with Gasteiger partial charge in [-0.1, -0.05) is 11.3 Å². The van der Waals surface area contributed by atoms with Gasteiger partial charge in [-0.3, -0.25) is 0 Å². The molecule has 0 fully saturated rings. The molecule has 10 heavy (non-hydrogen) atoms. The van der Waals surface area contributed by atoms with Gasteiger partial charge < -0.3 is 0 Å². The van der Waals surface area contributed by atoms with Gasteiger partial charge in [-0.05, 0) is 0 Å². The second kappa shape index (κ2) is 2.48. The molecule has 1 aromatic rings. The van der Waals surface area contributed by atoms with Crippen LogP contribution in [0, 0.1) is 0 Å². The largest absolute Gasteiger partial charge is 0.233 e. The lowest BCUT2D eigenvalue weighted by molar-refractivity contribution is 0.599. The van der Waals surface area contributed by atoms with E-state index in [0.29, 0.717) is 4.34 Å². The van der Waals surface area contributed by atoms with Gasteiger partial charge in [0.2, 0.25) is 14.2 Å². The number of rotatable bonds is 1. The van der Waals surface area contributed by atoms with E-state index in [2.05, 4.69) is 22.8 Å². The number of thiol groups is 1. The number of sulfone groups is 1. The van der Waals surface area contributed by atoms with E-state index in [1.54, 1.807) is 0 Å². The van der Waals surface area contributed by atoms with Gasteiger partial charge in [-0.15, -0.1) is 22.8 Å². The first-order valence-corrected chi connectivity index (χ1v) is 5.38. The van der Waals surface area contributed by atoms with Crippen LogP contribution in [0.4, 0.5) is 0 Å². The summed E-state index contributed by atoms with van der Waals surface area (Å²) in [6.45, 7) is 0. The minimum absolute atomic E-state index is 0.0116. The Balaban J connectivity index is 3.21. The maximum absolute atomic E-state index is 10.7. The highest BCUT2D eigenvalue weighted by molar-refractivity contribution is 7.93. The maximum atomic E-state index is 10.7. The third kappa shape index (κ3) is 1.68. The Morgan fingerprint density at radius 2 is 2.10 bits per heavy atom. The summed E-state index contributed by atoms with van der Waals surface area (Å²) in [6, 6.07) is 0. The molecular weight excluding hydrogens is 192 g/mol. The number of hydrogen-bond donors (Lipinski definition) is 1. The van der Waals surface area contributed by atoms with Crippen molar-refractivity contribution in [1.29, 1.82) is 0 Å². The summed E-state index contributed by atoms with van der Waals surface area (Å²) >= 11 is 4.77. The van der Waals surface area contributed by atoms with E-state index < -0.39 is 9.84 Å². The van der Waals surface area contributed by atoms with Crippen LogP contribution in [-0.2, 0) is 9.84 Å². The molecule has 0 atom stereocenters. The fourth-order valence-electron chi connectivity index (χ4n) is 0.352. The molecule has 0 aliphatic rings. The minimum atomic E-state index is -3.19. The summed E-state index contributed by atoms with van der Waals surface area (Å²) in [6.07, 6.45) is 1.08. The van der Waals surface area contributed by atoms with Gasteiger partial charge in [0.15, 0.2) is 4.34 Å². The fraction of sp³-hybridized carbons (Fsp3) is 0.333. The van der Waals surface area contributed by atoms with Gasteiger partial charge in [0.1, 0.15) is 0 Å². The zero-order valence-corrected chi connectivity index (χ0v) is 7.50. The molecule has 0 saturated carbocycles. The summed E-state index contributed by atoms with van der Waals surface area (Å²) in [7, 11) is -3.19. The maximum Gasteiger partial charge on any atom is 0.233 e. The molecule has 0 aromatic carbocycles. The van der Waals surface area contributed by atoms with Crippen molar-refractivity contribution in [2.75, 3.05) is 6.26 Å². The summed E-state index contributed by atoms with van der Waals surface area (Å²) in [5, 5.41) is 6.83.